The molecule has 110 valence electrons. The Morgan fingerprint density at radius 3 is 2.63 bits per heavy atom. The molecule has 0 aromatic heterocycles. The molecular weight excluding hydrogens is 244 g/mol. The molecule has 0 radical (unpaired) electrons. The summed E-state index contributed by atoms with van der Waals surface area (Å²) in [5.41, 5.74) is 0.254. The van der Waals surface area contributed by atoms with Crippen LogP contribution in [-0.4, -0.2) is 23.1 Å². The van der Waals surface area contributed by atoms with Crippen molar-refractivity contribution < 1.29 is 19.4 Å². The fourth-order valence-electron chi connectivity index (χ4n) is 2.71. The average molecular weight is 270 g/mol. The quantitative estimate of drug-likeness (QED) is 0.751. The van der Waals surface area contributed by atoms with Gasteiger partial charge in [0.2, 0.25) is 0 Å². The Balaban J connectivity index is 2.36. The minimum Gasteiger partial charge on any atom is -0.481 e. The molecule has 19 heavy (non-hydrogen) atoms. The van der Waals surface area contributed by atoms with Crippen LogP contribution in [-0.2, 0) is 14.3 Å². The van der Waals surface area contributed by atoms with E-state index in [9.17, 15) is 9.59 Å². The molecule has 1 saturated carbocycles. The fraction of sp³-hybridized carbons (Fsp3) is 0.867. The second kappa shape index (κ2) is 6.92. The highest BCUT2D eigenvalue weighted by Gasteiger charge is 2.36. The highest BCUT2D eigenvalue weighted by molar-refractivity contribution is 5.71. The maximum atomic E-state index is 11.7. The molecular formula is C15H26O4. The van der Waals surface area contributed by atoms with Crippen molar-refractivity contribution in [1.29, 1.82) is 0 Å². The van der Waals surface area contributed by atoms with Crippen LogP contribution in [0.4, 0.5) is 0 Å². The monoisotopic (exact) mass is 270 g/mol. The first-order chi connectivity index (χ1) is 8.83. The molecule has 1 rings (SSSR count). The molecule has 2 unspecified atom stereocenters. The predicted molar refractivity (Wildman–Crippen MR) is 72.8 cm³/mol. The Morgan fingerprint density at radius 1 is 1.37 bits per heavy atom. The molecule has 0 aromatic carbocycles. The summed E-state index contributed by atoms with van der Waals surface area (Å²) < 4.78 is 5.49. The van der Waals surface area contributed by atoms with E-state index in [0.29, 0.717) is 12.3 Å². The van der Waals surface area contributed by atoms with Crippen LogP contribution >= 0.6 is 0 Å². The van der Waals surface area contributed by atoms with Gasteiger partial charge >= 0.3 is 11.9 Å². The maximum Gasteiger partial charge on any atom is 0.306 e. The average Bonchev–Trinajstić information content (AvgIpc) is 2.28. The fourth-order valence-corrected chi connectivity index (χ4v) is 2.71. The summed E-state index contributed by atoms with van der Waals surface area (Å²) in [6, 6.07) is 0. The van der Waals surface area contributed by atoms with Gasteiger partial charge in [-0.2, -0.15) is 0 Å². The lowest BCUT2D eigenvalue weighted by Gasteiger charge is -2.40. The predicted octanol–water partition coefficient (Wildman–Crippen LogP) is 3.39. The van der Waals surface area contributed by atoms with Crippen molar-refractivity contribution in [2.45, 2.75) is 71.8 Å². The van der Waals surface area contributed by atoms with Crippen LogP contribution in [0.15, 0.2) is 0 Å². The summed E-state index contributed by atoms with van der Waals surface area (Å²) >= 11 is 0. The van der Waals surface area contributed by atoms with Gasteiger partial charge in [-0.25, -0.2) is 0 Å². The molecule has 0 aliphatic heterocycles. The number of ether oxygens (including phenoxy) is 1. The van der Waals surface area contributed by atoms with Gasteiger partial charge in [-0.15, -0.1) is 0 Å². The molecule has 1 fully saturated rings. The first-order valence-electron chi connectivity index (χ1n) is 7.25. The SMILES string of the molecule is CC(C)C1(C)CCCC(OC(=O)CCCC(=O)O)C1. The highest BCUT2D eigenvalue weighted by atomic mass is 16.5. The minimum absolute atomic E-state index is 0.0125. The van der Waals surface area contributed by atoms with Crippen molar-refractivity contribution in [2.75, 3.05) is 0 Å². The van der Waals surface area contributed by atoms with Crippen molar-refractivity contribution in [3.8, 4) is 0 Å². The van der Waals surface area contributed by atoms with Crippen molar-refractivity contribution in [3.63, 3.8) is 0 Å². The van der Waals surface area contributed by atoms with E-state index >= 15 is 0 Å². The summed E-state index contributed by atoms with van der Waals surface area (Å²) in [4.78, 5) is 22.0. The topological polar surface area (TPSA) is 63.6 Å². The number of aliphatic carboxylic acids is 1. The zero-order valence-electron chi connectivity index (χ0n) is 12.3. The van der Waals surface area contributed by atoms with Crippen LogP contribution in [0.25, 0.3) is 0 Å². The van der Waals surface area contributed by atoms with Gasteiger partial charge in [-0.1, -0.05) is 20.8 Å². The van der Waals surface area contributed by atoms with Crippen molar-refractivity contribution in [3.05, 3.63) is 0 Å². The van der Waals surface area contributed by atoms with E-state index in [0.717, 1.165) is 19.3 Å². The number of rotatable bonds is 6. The van der Waals surface area contributed by atoms with Gasteiger partial charge < -0.3 is 9.84 Å². The molecule has 4 nitrogen and oxygen atoms in total. The Labute approximate surface area is 115 Å². The standard InChI is InChI=1S/C15H26O4/c1-11(2)15(3)9-5-6-12(10-15)19-14(18)8-4-7-13(16)17/h11-12H,4-10H2,1-3H3,(H,16,17). The Morgan fingerprint density at radius 2 is 2.05 bits per heavy atom. The Bertz CT molecular complexity index is 324. The second-order valence-electron chi connectivity index (χ2n) is 6.26. The third-order valence-electron chi connectivity index (χ3n) is 4.43. The van der Waals surface area contributed by atoms with Gasteiger partial charge in [-0.05, 0) is 43.4 Å². The molecule has 1 N–H and O–H groups in total. The summed E-state index contributed by atoms with van der Waals surface area (Å²) in [5.74, 6) is -0.530. The second-order valence-corrected chi connectivity index (χ2v) is 6.26. The summed E-state index contributed by atoms with van der Waals surface area (Å²) in [6.45, 7) is 6.70. The van der Waals surface area contributed by atoms with Gasteiger partial charge in [-0.3, -0.25) is 9.59 Å². The smallest absolute Gasteiger partial charge is 0.306 e. The van der Waals surface area contributed by atoms with Crippen LogP contribution in [0.1, 0.15) is 65.7 Å². The van der Waals surface area contributed by atoms with E-state index in [1.54, 1.807) is 0 Å². The van der Waals surface area contributed by atoms with E-state index in [4.69, 9.17) is 9.84 Å². The summed E-state index contributed by atoms with van der Waals surface area (Å²) in [5, 5.41) is 8.53. The van der Waals surface area contributed by atoms with Crippen LogP contribution in [0.5, 0.6) is 0 Å². The van der Waals surface area contributed by atoms with Crippen LogP contribution in [0.3, 0.4) is 0 Å². The van der Waals surface area contributed by atoms with Gasteiger partial charge in [0.05, 0.1) is 0 Å². The molecule has 4 heteroatoms. The van der Waals surface area contributed by atoms with Crippen LogP contribution in [0, 0.1) is 11.3 Å². The van der Waals surface area contributed by atoms with Crippen molar-refractivity contribution in [1.82, 2.24) is 0 Å². The number of carbonyl (C=O) groups is 2. The lowest BCUT2D eigenvalue weighted by molar-refractivity contribution is -0.153. The molecule has 1 aliphatic carbocycles. The molecule has 2 atom stereocenters. The number of carbonyl (C=O) groups excluding carboxylic acids is 1. The normalized spacial score (nSPS) is 27.3. The summed E-state index contributed by atoms with van der Waals surface area (Å²) in [7, 11) is 0. The maximum absolute atomic E-state index is 11.7. The lowest BCUT2D eigenvalue weighted by Crippen LogP contribution is -2.35. The van der Waals surface area contributed by atoms with Gasteiger partial charge in [0.25, 0.3) is 0 Å². The zero-order valence-corrected chi connectivity index (χ0v) is 12.3. The number of carboxylic acid groups (broad SMARTS) is 1. The van der Waals surface area contributed by atoms with Crippen molar-refractivity contribution in [2.24, 2.45) is 11.3 Å². The van der Waals surface area contributed by atoms with Crippen LogP contribution < -0.4 is 0 Å². The number of hydrogen-bond donors (Lipinski definition) is 1. The minimum atomic E-state index is -0.863. The largest absolute Gasteiger partial charge is 0.481 e. The number of hydrogen-bond acceptors (Lipinski definition) is 3. The highest BCUT2D eigenvalue weighted by Crippen LogP contribution is 2.42. The van der Waals surface area contributed by atoms with Crippen molar-refractivity contribution >= 4 is 11.9 Å². The first-order valence-corrected chi connectivity index (χ1v) is 7.25. The molecule has 0 heterocycles. The van der Waals surface area contributed by atoms with E-state index in [1.165, 1.54) is 6.42 Å². The van der Waals surface area contributed by atoms with Gasteiger partial charge in [0.1, 0.15) is 6.10 Å². The number of esters is 1. The molecule has 0 amide bonds. The number of carboxylic acids is 1. The van der Waals surface area contributed by atoms with Gasteiger partial charge in [0, 0.05) is 12.8 Å². The third kappa shape index (κ3) is 5.21. The molecule has 0 spiro atoms. The molecule has 0 bridgehead atoms. The summed E-state index contributed by atoms with van der Waals surface area (Å²) in [6.07, 6.45) is 4.77. The molecule has 1 aliphatic rings. The van der Waals surface area contributed by atoms with E-state index in [1.807, 2.05) is 0 Å². The van der Waals surface area contributed by atoms with Crippen LogP contribution in [0.2, 0.25) is 0 Å². The molecule has 0 saturated heterocycles. The first kappa shape index (κ1) is 16.0. The Kier molecular flexibility index (Phi) is 5.83. The van der Waals surface area contributed by atoms with E-state index < -0.39 is 5.97 Å². The van der Waals surface area contributed by atoms with Gasteiger partial charge in [0.15, 0.2) is 0 Å². The third-order valence-corrected chi connectivity index (χ3v) is 4.43. The molecule has 0 aromatic rings. The lowest BCUT2D eigenvalue weighted by atomic mass is 9.67. The zero-order chi connectivity index (χ0) is 14.5. The van der Waals surface area contributed by atoms with E-state index in [2.05, 4.69) is 20.8 Å². The Hall–Kier alpha value is -1.06. The van der Waals surface area contributed by atoms with E-state index in [-0.39, 0.29) is 30.3 Å².